The fraction of sp³-hybridized carbons (Fsp3) is 0.250. The summed E-state index contributed by atoms with van der Waals surface area (Å²) in [5.74, 6) is -0.611. The first-order valence-corrected chi connectivity index (χ1v) is 8.48. The monoisotopic (exact) mass is 376 g/mol. The molecule has 0 bridgehead atoms. The number of carbonyl (C=O) groups is 1. The Morgan fingerprint density at radius 2 is 2.05 bits per heavy atom. The van der Waals surface area contributed by atoms with Crippen molar-refractivity contribution < 1.29 is 18.7 Å². The van der Waals surface area contributed by atoms with Gasteiger partial charge in [-0.05, 0) is 35.0 Å². The van der Waals surface area contributed by atoms with Crippen LogP contribution >= 0.6 is 15.9 Å². The first kappa shape index (κ1) is 17.3. The Bertz CT molecular complexity index is 690. The van der Waals surface area contributed by atoms with E-state index in [0.717, 1.165) is 6.20 Å². The molecule has 0 saturated carbocycles. The number of rotatable bonds is 5. The Balaban J connectivity index is 3.07. The van der Waals surface area contributed by atoms with Gasteiger partial charge in [0.05, 0.1) is 27.5 Å². The number of hydrogen-bond donors (Lipinski definition) is 0. The number of nitro groups is 1. The lowest BCUT2D eigenvalue weighted by atomic mass is 10.3. The predicted molar refractivity (Wildman–Crippen MR) is 81.5 cm³/mol. The normalized spacial score (nSPS) is 14.1. The molecule has 7 nitrogen and oxygen atoms in total. The molecule has 114 valence electrons. The molecule has 9 heteroatoms. The van der Waals surface area contributed by atoms with E-state index in [-0.39, 0.29) is 16.8 Å². The van der Waals surface area contributed by atoms with Gasteiger partial charge in [0.25, 0.3) is 5.69 Å². The molecule has 0 aromatic heterocycles. The molecule has 1 rings (SSSR count). The number of esters is 1. The summed E-state index contributed by atoms with van der Waals surface area (Å²) in [5, 5.41) is 10.6. The van der Waals surface area contributed by atoms with Crippen molar-refractivity contribution in [3.05, 3.63) is 45.1 Å². The molecular weight excluding hydrogens is 364 g/mol. The minimum atomic E-state index is -2.81. The number of nitrogens with zero attached hydrogens (tertiary/aromatic N) is 2. The zero-order chi connectivity index (χ0) is 16.0. The molecular formula is C12H13BrN2O5S. The van der Waals surface area contributed by atoms with Gasteiger partial charge in [0, 0.05) is 23.3 Å². The van der Waals surface area contributed by atoms with Gasteiger partial charge in [-0.2, -0.15) is 0 Å². The zero-order valence-corrected chi connectivity index (χ0v) is 13.7. The van der Waals surface area contributed by atoms with Crippen LogP contribution in [0.5, 0.6) is 0 Å². The third kappa shape index (κ3) is 4.94. The van der Waals surface area contributed by atoms with E-state index >= 15 is 0 Å². The molecule has 0 aliphatic heterocycles. The second-order valence-electron chi connectivity index (χ2n) is 3.86. The second-order valence-corrected chi connectivity index (χ2v) is 7.00. The van der Waals surface area contributed by atoms with E-state index in [2.05, 4.69) is 20.3 Å². The van der Waals surface area contributed by atoms with Gasteiger partial charge in [-0.1, -0.05) is 0 Å². The number of benzene rings is 1. The quantitative estimate of drug-likeness (QED) is 0.340. The highest BCUT2D eigenvalue weighted by molar-refractivity contribution is 9.12. The minimum absolute atomic E-state index is 0.0424. The van der Waals surface area contributed by atoms with Crippen LogP contribution in [0.1, 0.15) is 6.92 Å². The van der Waals surface area contributed by atoms with Crippen LogP contribution in [0.4, 0.5) is 5.69 Å². The van der Waals surface area contributed by atoms with Gasteiger partial charge in [-0.25, -0.2) is 13.4 Å². The zero-order valence-electron chi connectivity index (χ0n) is 11.3. The number of carbonyl (C=O) groups excluding carboxylic acids is 1. The van der Waals surface area contributed by atoms with E-state index in [4.69, 9.17) is 4.74 Å². The topological polar surface area (TPSA) is 98.9 Å². The molecule has 0 N–H and O–H groups in total. The molecule has 0 aliphatic carbocycles. The molecule has 1 aromatic carbocycles. The van der Waals surface area contributed by atoms with Crippen LogP contribution in [0.2, 0.25) is 0 Å². The second kappa shape index (κ2) is 7.32. The highest BCUT2D eigenvalue weighted by Gasteiger charge is 2.11. The van der Waals surface area contributed by atoms with Gasteiger partial charge >= 0.3 is 5.97 Å². The van der Waals surface area contributed by atoms with Crippen molar-refractivity contribution in [2.24, 2.45) is 4.36 Å². The van der Waals surface area contributed by atoms with Crippen molar-refractivity contribution in [2.45, 2.75) is 11.8 Å². The highest BCUT2D eigenvalue weighted by atomic mass is 79.9. The molecule has 21 heavy (non-hydrogen) atoms. The number of nitro benzene ring substituents is 1. The number of ether oxygens (including phenoxy) is 1. The number of non-ortho nitro benzene ring substituents is 1. The van der Waals surface area contributed by atoms with Crippen LogP contribution in [0.25, 0.3) is 0 Å². The van der Waals surface area contributed by atoms with Crippen molar-refractivity contribution in [2.75, 3.05) is 12.9 Å². The SMILES string of the molecule is CCOC(=O)/C(Br)=C/N=S(C)(=O)c1ccc([N+](=O)[O-])cc1. The van der Waals surface area contributed by atoms with E-state index in [9.17, 15) is 19.1 Å². The highest BCUT2D eigenvalue weighted by Crippen LogP contribution is 2.18. The fourth-order valence-electron chi connectivity index (χ4n) is 1.28. The lowest BCUT2D eigenvalue weighted by molar-refractivity contribution is -0.384. The van der Waals surface area contributed by atoms with Gasteiger partial charge in [-0.15, -0.1) is 0 Å². The summed E-state index contributed by atoms with van der Waals surface area (Å²) in [5.41, 5.74) is -0.0998. The van der Waals surface area contributed by atoms with Gasteiger partial charge < -0.3 is 4.74 Å². The Morgan fingerprint density at radius 3 is 2.52 bits per heavy atom. The molecule has 1 atom stereocenters. The molecule has 0 amide bonds. The summed E-state index contributed by atoms with van der Waals surface area (Å²) in [6.07, 6.45) is 2.48. The summed E-state index contributed by atoms with van der Waals surface area (Å²) in [6, 6.07) is 5.24. The van der Waals surface area contributed by atoms with Crippen molar-refractivity contribution in [3.63, 3.8) is 0 Å². The predicted octanol–water partition coefficient (Wildman–Crippen LogP) is 2.85. The van der Waals surface area contributed by atoms with E-state index < -0.39 is 20.6 Å². The van der Waals surface area contributed by atoms with E-state index in [1.165, 1.54) is 30.5 Å². The average molecular weight is 377 g/mol. The number of halogens is 1. The first-order valence-electron chi connectivity index (χ1n) is 5.76. The summed E-state index contributed by atoms with van der Waals surface area (Å²) >= 11 is 2.98. The van der Waals surface area contributed by atoms with Gasteiger partial charge in [-0.3, -0.25) is 10.1 Å². The van der Waals surface area contributed by atoms with Crippen molar-refractivity contribution >= 4 is 37.3 Å². The Labute approximate surface area is 130 Å². The third-order valence-corrected chi connectivity index (χ3v) is 4.51. The summed E-state index contributed by atoms with van der Waals surface area (Å²) in [6.45, 7) is 1.88. The molecule has 0 aliphatic rings. The Morgan fingerprint density at radius 1 is 1.48 bits per heavy atom. The lowest BCUT2D eigenvalue weighted by Gasteiger charge is -2.03. The molecule has 1 aromatic rings. The van der Waals surface area contributed by atoms with Crippen LogP contribution in [0.3, 0.4) is 0 Å². The maximum atomic E-state index is 12.4. The molecule has 1 unspecified atom stereocenters. The minimum Gasteiger partial charge on any atom is -0.462 e. The summed E-state index contributed by atoms with van der Waals surface area (Å²) < 4.78 is 21.0. The maximum Gasteiger partial charge on any atom is 0.346 e. The average Bonchev–Trinajstić information content (AvgIpc) is 2.45. The Hall–Kier alpha value is -1.74. The number of hydrogen-bond acceptors (Lipinski definition) is 6. The fourth-order valence-corrected chi connectivity index (χ4v) is 2.70. The van der Waals surface area contributed by atoms with Crippen molar-refractivity contribution in [1.82, 2.24) is 0 Å². The first-order chi connectivity index (χ1) is 9.77. The van der Waals surface area contributed by atoms with E-state index in [1.807, 2.05) is 0 Å². The lowest BCUT2D eigenvalue weighted by Crippen LogP contribution is -2.03. The summed E-state index contributed by atoms with van der Waals surface area (Å²) in [4.78, 5) is 21.7. The van der Waals surface area contributed by atoms with Crippen LogP contribution in [-0.4, -0.2) is 28.0 Å². The maximum absolute atomic E-state index is 12.4. The van der Waals surface area contributed by atoms with Crippen molar-refractivity contribution in [3.8, 4) is 0 Å². The van der Waals surface area contributed by atoms with Crippen LogP contribution in [-0.2, 0) is 19.3 Å². The largest absolute Gasteiger partial charge is 0.462 e. The van der Waals surface area contributed by atoms with Crippen LogP contribution < -0.4 is 0 Å². The Kier molecular flexibility index (Phi) is 6.03. The third-order valence-electron chi connectivity index (χ3n) is 2.32. The summed E-state index contributed by atoms with van der Waals surface area (Å²) in [7, 11) is -2.81. The van der Waals surface area contributed by atoms with Crippen molar-refractivity contribution in [1.29, 1.82) is 0 Å². The van der Waals surface area contributed by atoms with Gasteiger partial charge in [0.1, 0.15) is 4.48 Å². The molecule has 0 saturated heterocycles. The molecule has 0 fully saturated rings. The molecule has 0 heterocycles. The van der Waals surface area contributed by atoms with Crippen LogP contribution in [0.15, 0.2) is 44.2 Å². The van der Waals surface area contributed by atoms with E-state index in [1.54, 1.807) is 6.92 Å². The van der Waals surface area contributed by atoms with Gasteiger partial charge in [0.15, 0.2) is 0 Å². The van der Waals surface area contributed by atoms with E-state index in [0.29, 0.717) is 4.90 Å². The van der Waals surface area contributed by atoms with Crippen LogP contribution in [0, 0.1) is 10.1 Å². The standard InChI is InChI=1S/C12H13BrN2O5S/c1-3-20-12(16)11(13)8-14-21(2,19)10-6-4-9(5-7-10)15(17)18/h4-8H,3H2,1-2H3/b11-8-. The smallest absolute Gasteiger partial charge is 0.346 e. The molecule has 0 radical (unpaired) electrons. The van der Waals surface area contributed by atoms with Gasteiger partial charge in [0.2, 0.25) is 0 Å². The molecule has 0 spiro atoms.